The first-order valence-corrected chi connectivity index (χ1v) is 4.19. The van der Waals surface area contributed by atoms with Gasteiger partial charge in [0.05, 0.1) is 0 Å². The second-order valence-corrected chi connectivity index (χ2v) is 2.72. The van der Waals surface area contributed by atoms with Crippen molar-refractivity contribution in [1.82, 2.24) is 4.98 Å². The molecular weight excluding hydrogens is 144 g/mol. The van der Waals surface area contributed by atoms with E-state index in [4.69, 9.17) is 5.14 Å². The highest BCUT2D eigenvalue weighted by molar-refractivity contribution is 7.97. The van der Waals surface area contributed by atoms with Gasteiger partial charge in [0.1, 0.15) is 0 Å². The summed E-state index contributed by atoms with van der Waals surface area (Å²) in [5.74, 6) is 0.976. The lowest BCUT2D eigenvalue weighted by molar-refractivity contribution is 1.13. The van der Waals surface area contributed by atoms with Crippen LogP contribution in [0.4, 0.5) is 0 Å². The van der Waals surface area contributed by atoms with Crippen molar-refractivity contribution >= 4 is 11.9 Å². The molecule has 2 N–H and O–H groups in total. The van der Waals surface area contributed by atoms with E-state index in [1.54, 1.807) is 12.4 Å². The van der Waals surface area contributed by atoms with Gasteiger partial charge in [0.15, 0.2) is 0 Å². The normalized spacial score (nSPS) is 9.70. The first-order chi connectivity index (χ1) is 4.93. The lowest BCUT2D eigenvalue weighted by Gasteiger charge is -1.95. The van der Waals surface area contributed by atoms with E-state index in [0.29, 0.717) is 0 Å². The van der Waals surface area contributed by atoms with E-state index in [9.17, 15) is 0 Å². The molecule has 0 spiro atoms. The van der Waals surface area contributed by atoms with E-state index in [-0.39, 0.29) is 0 Å². The summed E-state index contributed by atoms with van der Waals surface area (Å²) in [6.45, 7) is 0. The first kappa shape index (κ1) is 7.57. The standard InChI is InChI=1S/C7H10N2S/c8-10-6-3-7-1-4-9-5-2-7/h1-2,4-5H,3,6,8H2. The van der Waals surface area contributed by atoms with Crippen LogP contribution < -0.4 is 5.14 Å². The maximum absolute atomic E-state index is 5.28. The molecule has 0 unspecified atom stereocenters. The SMILES string of the molecule is NSCCc1ccncc1. The Kier molecular flexibility index (Phi) is 3.26. The summed E-state index contributed by atoms with van der Waals surface area (Å²) < 4.78 is 0. The largest absolute Gasteiger partial charge is 0.278 e. The fraction of sp³-hybridized carbons (Fsp3) is 0.286. The molecule has 0 aliphatic carbocycles. The number of nitrogens with zero attached hydrogens (tertiary/aromatic N) is 1. The molecule has 0 amide bonds. The van der Waals surface area contributed by atoms with Crippen molar-refractivity contribution in [3.8, 4) is 0 Å². The Morgan fingerprint density at radius 3 is 2.70 bits per heavy atom. The summed E-state index contributed by atoms with van der Waals surface area (Å²) in [6.07, 6.45) is 4.64. The van der Waals surface area contributed by atoms with Crippen molar-refractivity contribution in [1.29, 1.82) is 0 Å². The summed E-state index contributed by atoms with van der Waals surface area (Å²) in [7, 11) is 0. The second kappa shape index (κ2) is 4.30. The molecule has 54 valence electrons. The van der Waals surface area contributed by atoms with Crippen LogP contribution in [0.15, 0.2) is 24.5 Å². The monoisotopic (exact) mass is 154 g/mol. The van der Waals surface area contributed by atoms with Crippen LogP contribution in [0, 0.1) is 0 Å². The third-order valence-corrected chi connectivity index (χ3v) is 1.70. The minimum Gasteiger partial charge on any atom is -0.278 e. The highest BCUT2D eigenvalue weighted by Crippen LogP contribution is 1.99. The number of pyridine rings is 1. The molecular formula is C7H10N2S. The van der Waals surface area contributed by atoms with Gasteiger partial charge >= 0.3 is 0 Å². The topological polar surface area (TPSA) is 38.9 Å². The molecule has 0 saturated heterocycles. The van der Waals surface area contributed by atoms with Gasteiger partial charge in [-0.3, -0.25) is 10.1 Å². The Balaban J connectivity index is 2.43. The van der Waals surface area contributed by atoms with Crippen LogP contribution in [-0.2, 0) is 6.42 Å². The van der Waals surface area contributed by atoms with E-state index in [1.165, 1.54) is 17.5 Å². The van der Waals surface area contributed by atoms with Gasteiger partial charge < -0.3 is 0 Å². The van der Waals surface area contributed by atoms with Crippen LogP contribution in [-0.4, -0.2) is 10.7 Å². The summed E-state index contributed by atoms with van der Waals surface area (Å²) in [5.41, 5.74) is 1.30. The average molecular weight is 154 g/mol. The molecule has 10 heavy (non-hydrogen) atoms. The third kappa shape index (κ3) is 2.37. The van der Waals surface area contributed by atoms with Crippen molar-refractivity contribution < 1.29 is 0 Å². The molecule has 0 bridgehead atoms. The second-order valence-electron chi connectivity index (χ2n) is 1.98. The van der Waals surface area contributed by atoms with Crippen molar-refractivity contribution in [2.75, 3.05) is 5.75 Å². The number of hydrogen-bond donors (Lipinski definition) is 1. The Morgan fingerprint density at radius 1 is 1.40 bits per heavy atom. The molecule has 1 heterocycles. The van der Waals surface area contributed by atoms with Crippen LogP contribution in [0.5, 0.6) is 0 Å². The maximum Gasteiger partial charge on any atom is 0.0270 e. The summed E-state index contributed by atoms with van der Waals surface area (Å²) in [6, 6.07) is 4.02. The highest BCUT2D eigenvalue weighted by Gasteiger charge is 1.88. The number of aryl methyl sites for hydroxylation is 1. The molecule has 0 radical (unpaired) electrons. The molecule has 0 aliphatic heterocycles. The van der Waals surface area contributed by atoms with Gasteiger partial charge in [0.25, 0.3) is 0 Å². The van der Waals surface area contributed by atoms with Crippen molar-refractivity contribution in [3.05, 3.63) is 30.1 Å². The quantitative estimate of drug-likeness (QED) is 0.665. The lowest BCUT2D eigenvalue weighted by Crippen LogP contribution is -1.91. The van der Waals surface area contributed by atoms with Crippen molar-refractivity contribution in [2.24, 2.45) is 5.14 Å². The van der Waals surface area contributed by atoms with Gasteiger partial charge in [-0.2, -0.15) is 0 Å². The Bertz CT molecular complexity index is 176. The molecule has 2 nitrogen and oxygen atoms in total. The molecule has 1 aromatic heterocycles. The van der Waals surface area contributed by atoms with E-state index >= 15 is 0 Å². The van der Waals surface area contributed by atoms with Crippen LogP contribution >= 0.6 is 11.9 Å². The molecule has 0 aliphatic rings. The van der Waals surface area contributed by atoms with E-state index in [1.807, 2.05) is 12.1 Å². The Hall–Kier alpha value is -0.540. The smallest absolute Gasteiger partial charge is 0.0270 e. The van der Waals surface area contributed by atoms with Gasteiger partial charge in [-0.25, -0.2) is 0 Å². The van der Waals surface area contributed by atoms with Gasteiger partial charge in [-0.05, 0) is 24.1 Å². The fourth-order valence-electron chi connectivity index (χ4n) is 0.726. The molecule has 0 fully saturated rings. The summed E-state index contributed by atoms with van der Waals surface area (Å²) in [5, 5.41) is 5.28. The zero-order valence-corrected chi connectivity index (χ0v) is 6.47. The molecule has 0 saturated carbocycles. The van der Waals surface area contributed by atoms with Crippen molar-refractivity contribution in [2.45, 2.75) is 6.42 Å². The first-order valence-electron chi connectivity index (χ1n) is 3.14. The Labute approximate surface area is 65.0 Å². The number of aromatic nitrogens is 1. The van der Waals surface area contributed by atoms with Crippen LogP contribution in [0.3, 0.4) is 0 Å². The number of nitrogens with two attached hydrogens (primary N) is 1. The van der Waals surface area contributed by atoms with Crippen LogP contribution in [0.25, 0.3) is 0 Å². The predicted octanol–water partition coefficient (Wildman–Crippen LogP) is 1.23. The minimum atomic E-state index is 0.976. The Morgan fingerprint density at radius 2 is 2.10 bits per heavy atom. The lowest BCUT2D eigenvalue weighted by atomic mass is 10.2. The van der Waals surface area contributed by atoms with E-state index in [0.717, 1.165) is 12.2 Å². The average Bonchev–Trinajstić information content (AvgIpc) is 2.03. The van der Waals surface area contributed by atoms with Crippen LogP contribution in [0.1, 0.15) is 5.56 Å². The zero-order valence-electron chi connectivity index (χ0n) is 5.66. The van der Waals surface area contributed by atoms with Crippen LogP contribution in [0.2, 0.25) is 0 Å². The zero-order chi connectivity index (χ0) is 7.23. The molecule has 0 atom stereocenters. The molecule has 0 aromatic carbocycles. The number of hydrogen-bond acceptors (Lipinski definition) is 3. The van der Waals surface area contributed by atoms with Gasteiger partial charge in [0, 0.05) is 18.1 Å². The molecule has 3 heteroatoms. The number of rotatable bonds is 3. The minimum absolute atomic E-state index is 0.976. The third-order valence-electron chi connectivity index (χ3n) is 1.26. The molecule has 1 rings (SSSR count). The molecule has 1 aromatic rings. The highest BCUT2D eigenvalue weighted by atomic mass is 32.2. The van der Waals surface area contributed by atoms with Gasteiger partial charge in [0.2, 0.25) is 0 Å². The maximum atomic E-state index is 5.28. The van der Waals surface area contributed by atoms with E-state index < -0.39 is 0 Å². The summed E-state index contributed by atoms with van der Waals surface area (Å²) >= 11 is 1.38. The van der Waals surface area contributed by atoms with Crippen molar-refractivity contribution in [3.63, 3.8) is 0 Å². The summed E-state index contributed by atoms with van der Waals surface area (Å²) in [4.78, 5) is 3.92. The van der Waals surface area contributed by atoms with E-state index in [2.05, 4.69) is 4.98 Å². The van der Waals surface area contributed by atoms with Gasteiger partial charge in [-0.1, -0.05) is 11.9 Å². The predicted molar refractivity (Wildman–Crippen MR) is 44.6 cm³/mol. The fourth-order valence-corrected chi connectivity index (χ4v) is 1.08. The van der Waals surface area contributed by atoms with Gasteiger partial charge in [-0.15, -0.1) is 0 Å².